The molecule has 5 heteroatoms. The molecule has 0 bridgehead atoms. The Kier molecular flexibility index (Phi) is 5.48. The summed E-state index contributed by atoms with van der Waals surface area (Å²) in [6.07, 6.45) is 9.47. The van der Waals surface area contributed by atoms with Crippen molar-refractivity contribution in [2.45, 2.75) is 82.7 Å². The van der Waals surface area contributed by atoms with Crippen molar-refractivity contribution in [2.75, 3.05) is 0 Å². The molecule has 0 saturated heterocycles. The monoisotopic (exact) mass is 296 g/mol. The average molecular weight is 296 g/mol. The number of hydrogen-bond acceptors (Lipinski definition) is 2. The molecule has 2 rings (SSSR count). The Bertz CT molecular complexity index is 370. The van der Waals surface area contributed by atoms with Gasteiger partial charge in [0.1, 0.15) is 5.54 Å². The first-order chi connectivity index (χ1) is 10.1. The summed E-state index contributed by atoms with van der Waals surface area (Å²) in [5.41, 5.74) is -1.07. The zero-order valence-electron chi connectivity index (χ0n) is 13.0. The first-order valence-corrected chi connectivity index (χ1v) is 8.38. The van der Waals surface area contributed by atoms with E-state index >= 15 is 0 Å². The van der Waals surface area contributed by atoms with Crippen LogP contribution in [0.3, 0.4) is 0 Å². The highest BCUT2D eigenvalue weighted by Gasteiger charge is 2.43. The molecule has 2 fully saturated rings. The van der Waals surface area contributed by atoms with E-state index < -0.39 is 11.5 Å². The van der Waals surface area contributed by atoms with E-state index in [4.69, 9.17) is 0 Å². The predicted octanol–water partition coefficient (Wildman–Crippen LogP) is 3.04. The molecule has 2 amide bonds. The van der Waals surface area contributed by atoms with Gasteiger partial charge in [0, 0.05) is 6.04 Å². The highest BCUT2D eigenvalue weighted by Crippen LogP contribution is 2.34. The smallest absolute Gasteiger partial charge is 0.329 e. The summed E-state index contributed by atoms with van der Waals surface area (Å²) in [6.45, 7) is 2.14. The van der Waals surface area contributed by atoms with Gasteiger partial charge in [-0.1, -0.05) is 32.6 Å². The molecule has 0 aromatic rings. The highest BCUT2D eigenvalue weighted by molar-refractivity contribution is 5.86. The fourth-order valence-electron chi connectivity index (χ4n) is 3.66. The second-order valence-corrected chi connectivity index (χ2v) is 6.67. The normalized spacial score (nSPS) is 30.6. The minimum Gasteiger partial charge on any atom is -0.480 e. The summed E-state index contributed by atoms with van der Waals surface area (Å²) in [4.78, 5) is 23.8. The van der Waals surface area contributed by atoms with E-state index in [2.05, 4.69) is 17.6 Å². The predicted molar refractivity (Wildman–Crippen MR) is 81.2 cm³/mol. The molecule has 0 unspecified atom stereocenters. The van der Waals surface area contributed by atoms with Crippen LogP contribution in [0.1, 0.15) is 71.1 Å². The highest BCUT2D eigenvalue weighted by atomic mass is 16.4. The Labute approximate surface area is 126 Å². The molecule has 120 valence electrons. The van der Waals surface area contributed by atoms with Crippen LogP contribution >= 0.6 is 0 Å². The van der Waals surface area contributed by atoms with Gasteiger partial charge in [-0.15, -0.1) is 0 Å². The van der Waals surface area contributed by atoms with Crippen LogP contribution in [0.25, 0.3) is 0 Å². The lowest BCUT2D eigenvalue weighted by Gasteiger charge is -2.37. The van der Waals surface area contributed by atoms with Gasteiger partial charge in [0.2, 0.25) is 0 Å². The Morgan fingerprint density at radius 3 is 2.24 bits per heavy atom. The molecule has 0 aromatic heterocycles. The average Bonchev–Trinajstić information content (AvgIpc) is 2.48. The lowest BCUT2D eigenvalue weighted by molar-refractivity contribution is -0.146. The summed E-state index contributed by atoms with van der Waals surface area (Å²) < 4.78 is 0. The summed E-state index contributed by atoms with van der Waals surface area (Å²) in [5, 5.41) is 15.3. The first kappa shape index (κ1) is 16.1. The van der Waals surface area contributed by atoms with Gasteiger partial charge in [-0.05, 0) is 44.4 Å². The number of aliphatic carboxylic acids is 1. The minimum atomic E-state index is -1.07. The molecular weight excluding hydrogens is 268 g/mol. The lowest BCUT2D eigenvalue weighted by atomic mass is 9.75. The molecule has 0 radical (unpaired) electrons. The van der Waals surface area contributed by atoms with Crippen molar-refractivity contribution in [2.24, 2.45) is 5.92 Å². The molecule has 3 N–H and O–H groups in total. The van der Waals surface area contributed by atoms with Crippen molar-refractivity contribution in [3.8, 4) is 0 Å². The zero-order valence-corrected chi connectivity index (χ0v) is 13.0. The van der Waals surface area contributed by atoms with E-state index in [0.717, 1.165) is 44.9 Å². The summed E-state index contributed by atoms with van der Waals surface area (Å²) in [7, 11) is 0. The van der Waals surface area contributed by atoms with Crippen LogP contribution in [0.15, 0.2) is 0 Å². The van der Waals surface area contributed by atoms with E-state index in [9.17, 15) is 14.7 Å². The van der Waals surface area contributed by atoms with Crippen LogP contribution in [-0.2, 0) is 4.79 Å². The van der Waals surface area contributed by atoms with Crippen LogP contribution in [0, 0.1) is 5.92 Å². The number of urea groups is 1. The van der Waals surface area contributed by atoms with Crippen molar-refractivity contribution in [1.29, 1.82) is 0 Å². The van der Waals surface area contributed by atoms with Crippen molar-refractivity contribution in [3.05, 3.63) is 0 Å². The van der Waals surface area contributed by atoms with Crippen molar-refractivity contribution >= 4 is 12.0 Å². The van der Waals surface area contributed by atoms with Crippen molar-refractivity contribution in [3.63, 3.8) is 0 Å². The van der Waals surface area contributed by atoms with Crippen LogP contribution < -0.4 is 10.6 Å². The van der Waals surface area contributed by atoms with E-state index in [1.807, 2.05) is 0 Å². The molecular formula is C16H28N2O3. The number of carboxylic acids is 1. The van der Waals surface area contributed by atoms with Crippen molar-refractivity contribution in [1.82, 2.24) is 10.6 Å². The van der Waals surface area contributed by atoms with E-state index in [0.29, 0.717) is 18.8 Å². The standard InChI is InChI=1S/C16H28N2O3/c1-2-12-8-10-16(11-9-12,14(19)20)18-15(21)17-13-6-4-3-5-7-13/h12-13H,2-11H2,1H3,(H,19,20)(H2,17,18,21). The second-order valence-electron chi connectivity index (χ2n) is 6.67. The third-order valence-electron chi connectivity index (χ3n) is 5.24. The molecule has 5 nitrogen and oxygen atoms in total. The maximum Gasteiger partial charge on any atom is 0.329 e. The summed E-state index contributed by atoms with van der Waals surface area (Å²) in [6, 6.07) is -0.101. The van der Waals surface area contributed by atoms with E-state index in [-0.39, 0.29) is 12.1 Å². The first-order valence-electron chi connectivity index (χ1n) is 8.38. The molecule has 0 spiro atoms. The third-order valence-corrected chi connectivity index (χ3v) is 5.24. The minimum absolute atomic E-state index is 0.205. The van der Waals surface area contributed by atoms with Gasteiger partial charge >= 0.3 is 12.0 Å². The van der Waals surface area contributed by atoms with Gasteiger partial charge in [-0.25, -0.2) is 9.59 Å². The van der Waals surface area contributed by atoms with Crippen LogP contribution in [-0.4, -0.2) is 28.7 Å². The maximum atomic E-state index is 12.2. The number of hydrogen-bond donors (Lipinski definition) is 3. The van der Waals surface area contributed by atoms with Crippen LogP contribution in [0.5, 0.6) is 0 Å². The number of amides is 2. The fraction of sp³-hybridized carbons (Fsp3) is 0.875. The Balaban J connectivity index is 1.90. The largest absolute Gasteiger partial charge is 0.480 e. The fourth-order valence-corrected chi connectivity index (χ4v) is 3.66. The van der Waals surface area contributed by atoms with Crippen molar-refractivity contribution < 1.29 is 14.7 Å². The lowest BCUT2D eigenvalue weighted by Crippen LogP contribution is -2.59. The molecule has 2 aliphatic carbocycles. The number of carbonyl (C=O) groups excluding carboxylic acids is 1. The van der Waals surface area contributed by atoms with Crippen LogP contribution in [0.4, 0.5) is 4.79 Å². The third kappa shape index (κ3) is 4.11. The second kappa shape index (κ2) is 7.14. The molecule has 2 saturated carbocycles. The molecule has 21 heavy (non-hydrogen) atoms. The molecule has 0 heterocycles. The summed E-state index contributed by atoms with van der Waals surface area (Å²) >= 11 is 0. The Hall–Kier alpha value is -1.26. The molecule has 0 aromatic carbocycles. The Morgan fingerprint density at radius 1 is 1.10 bits per heavy atom. The molecule has 2 aliphatic rings. The van der Waals surface area contributed by atoms with Gasteiger partial charge in [0.05, 0.1) is 0 Å². The Morgan fingerprint density at radius 2 is 1.71 bits per heavy atom. The summed E-state index contributed by atoms with van der Waals surface area (Å²) in [5.74, 6) is -0.295. The van der Waals surface area contributed by atoms with E-state index in [1.165, 1.54) is 6.42 Å². The van der Waals surface area contributed by atoms with Gasteiger partial charge in [-0.2, -0.15) is 0 Å². The van der Waals surface area contributed by atoms with Gasteiger partial charge in [-0.3, -0.25) is 0 Å². The van der Waals surface area contributed by atoms with Gasteiger partial charge < -0.3 is 15.7 Å². The van der Waals surface area contributed by atoms with Crippen LogP contribution in [0.2, 0.25) is 0 Å². The molecule has 0 aliphatic heterocycles. The number of rotatable bonds is 4. The number of nitrogens with one attached hydrogen (secondary N) is 2. The zero-order chi connectivity index (χ0) is 15.3. The van der Waals surface area contributed by atoms with E-state index in [1.54, 1.807) is 0 Å². The number of carbonyl (C=O) groups is 2. The van der Waals surface area contributed by atoms with Gasteiger partial charge in [0.15, 0.2) is 0 Å². The number of carboxylic acid groups (broad SMARTS) is 1. The quantitative estimate of drug-likeness (QED) is 0.746. The SMILES string of the molecule is CCC1CCC(NC(=O)NC2CCCCC2)(C(=O)O)CC1. The molecule has 0 atom stereocenters. The van der Waals surface area contributed by atoms with Gasteiger partial charge in [0.25, 0.3) is 0 Å². The maximum absolute atomic E-state index is 12.2. The topological polar surface area (TPSA) is 78.4 Å².